The second-order valence-corrected chi connectivity index (χ2v) is 9.57. The fraction of sp³-hybridized carbons (Fsp3) is 0.480. The van der Waals surface area contributed by atoms with E-state index in [2.05, 4.69) is 4.98 Å². The van der Waals surface area contributed by atoms with Gasteiger partial charge in [-0.25, -0.2) is 14.4 Å². The number of nitrogens with zero attached hydrogens (tertiary/aromatic N) is 4. The molecule has 0 aliphatic carbocycles. The molecule has 1 atom stereocenters. The number of carbonyl (C=O) groups excluding carboxylic acids is 1. The third-order valence-electron chi connectivity index (χ3n) is 6.47. The van der Waals surface area contributed by atoms with Gasteiger partial charge in [-0.15, -0.1) is 0 Å². The van der Waals surface area contributed by atoms with Gasteiger partial charge in [-0.05, 0) is 39.7 Å². The summed E-state index contributed by atoms with van der Waals surface area (Å²) >= 11 is 6.36. The molecular formula is C25H33ClFN5O3S. The van der Waals surface area contributed by atoms with Crippen LogP contribution in [0.5, 0.6) is 5.75 Å². The number of rotatable bonds is 6. The van der Waals surface area contributed by atoms with Gasteiger partial charge in [0, 0.05) is 44.1 Å². The van der Waals surface area contributed by atoms with Crippen molar-refractivity contribution >= 4 is 42.3 Å². The molecule has 0 radical (unpaired) electrons. The molecule has 2 N–H and O–H groups in total. The average Bonchev–Trinajstić information content (AvgIpc) is 3.18. The molecule has 36 heavy (non-hydrogen) atoms. The molecule has 1 aliphatic rings. The Morgan fingerprint density at radius 2 is 1.94 bits per heavy atom. The van der Waals surface area contributed by atoms with Crippen LogP contribution >= 0.6 is 25.1 Å². The second kappa shape index (κ2) is 11.2. The lowest BCUT2D eigenvalue weighted by Crippen LogP contribution is -2.41. The van der Waals surface area contributed by atoms with Gasteiger partial charge in [-0.2, -0.15) is 13.5 Å². The molecule has 1 amide bonds. The van der Waals surface area contributed by atoms with Gasteiger partial charge in [-0.1, -0.05) is 18.5 Å². The summed E-state index contributed by atoms with van der Waals surface area (Å²) in [6.07, 6.45) is 4.53. The SMILES string of the molecule is COC1CCN(C(=O)c2c(F)c(Cl)cc([C@H](C)c3nc(C)c4c(N)nccn34)c2OC(C)C)CC1.S. The molecule has 1 aliphatic heterocycles. The van der Waals surface area contributed by atoms with E-state index in [1.165, 1.54) is 6.07 Å². The number of hydrogen-bond acceptors (Lipinski definition) is 6. The quantitative estimate of drug-likeness (QED) is 0.489. The third kappa shape index (κ3) is 5.12. The Morgan fingerprint density at radius 3 is 2.56 bits per heavy atom. The lowest BCUT2D eigenvalue weighted by atomic mass is 9.95. The van der Waals surface area contributed by atoms with Gasteiger partial charge in [0.15, 0.2) is 5.82 Å². The Balaban J connectivity index is 0.00000361. The topological polar surface area (TPSA) is 95.0 Å². The molecule has 11 heteroatoms. The minimum Gasteiger partial charge on any atom is -0.490 e. The number of imidazole rings is 1. The molecule has 3 aromatic rings. The molecule has 0 saturated carbocycles. The number of amides is 1. The molecule has 3 heterocycles. The van der Waals surface area contributed by atoms with Gasteiger partial charge in [0.05, 0.1) is 22.9 Å². The third-order valence-corrected chi connectivity index (χ3v) is 6.74. The number of benzene rings is 1. The molecule has 1 aromatic carbocycles. The van der Waals surface area contributed by atoms with E-state index in [0.717, 1.165) is 0 Å². The summed E-state index contributed by atoms with van der Waals surface area (Å²) < 4.78 is 28.9. The zero-order chi connectivity index (χ0) is 25.4. The first-order valence-corrected chi connectivity index (χ1v) is 12.1. The van der Waals surface area contributed by atoms with Crippen LogP contribution in [0.25, 0.3) is 5.52 Å². The van der Waals surface area contributed by atoms with Crippen LogP contribution in [0.1, 0.15) is 67.0 Å². The van der Waals surface area contributed by atoms with Crippen molar-refractivity contribution in [1.29, 1.82) is 0 Å². The monoisotopic (exact) mass is 537 g/mol. The number of hydrogen-bond donors (Lipinski definition) is 1. The number of methoxy groups -OCH3 is 1. The number of aromatic nitrogens is 3. The Morgan fingerprint density at radius 1 is 1.28 bits per heavy atom. The van der Waals surface area contributed by atoms with Gasteiger partial charge < -0.3 is 20.1 Å². The molecule has 0 bridgehead atoms. The molecular weight excluding hydrogens is 505 g/mol. The highest BCUT2D eigenvalue weighted by Gasteiger charge is 2.33. The molecule has 1 fully saturated rings. The summed E-state index contributed by atoms with van der Waals surface area (Å²) in [6, 6.07) is 1.52. The molecule has 0 spiro atoms. The Hall–Kier alpha value is -2.56. The van der Waals surface area contributed by atoms with Crippen molar-refractivity contribution in [3.05, 3.63) is 51.9 Å². The average molecular weight is 538 g/mol. The van der Waals surface area contributed by atoms with Gasteiger partial charge >= 0.3 is 0 Å². The molecule has 196 valence electrons. The van der Waals surface area contributed by atoms with Crippen LogP contribution in [-0.4, -0.2) is 57.6 Å². The Bertz CT molecular complexity index is 1260. The summed E-state index contributed by atoms with van der Waals surface area (Å²) in [5.74, 6) is -0.416. The first kappa shape index (κ1) is 28.0. The minimum atomic E-state index is -0.783. The molecule has 0 unspecified atom stereocenters. The van der Waals surface area contributed by atoms with Crippen LogP contribution in [-0.2, 0) is 4.74 Å². The number of ether oxygens (including phenoxy) is 2. The zero-order valence-electron chi connectivity index (χ0n) is 21.1. The van der Waals surface area contributed by atoms with E-state index < -0.39 is 17.6 Å². The van der Waals surface area contributed by atoms with Gasteiger partial charge in [-0.3, -0.25) is 9.20 Å². The standard InChI is InChI=1S/C25H31ClFN5O3.H2S/c1-13(2)35-22-17(14(3)24-30-15(4)21-23(28)29-8-11-32(21)24)12-18(26)20(27)19(22)25(33)31-9-6-16(34-5)7-10-31;/h8,11-14,16H,6-7,9-10H2,1-5H3,(H2,28,29);1H2/t14-;/m0./s1. The number of nitrogens with two attached hydrogens (primary N) is 1. The zero-order valence-corrected chi connectivity index (χ0v) is 22.9. The van der Waals surface area contributed by atoms with E-state index in [9.17, 15) is 4.79 Å². The van der Waals surface area contributed by atoms with Crippen LogP contribution in [0.3, 0.4) is 0 Å². The lowest BCUT2D eigenvalue weighted by Gasteiger charge is -2.32. The van der Waals surface area contributed by atoms with Crippen molar-refractivity contribution in [3.63, 3.8) is 0 Å². The van der Waals surface area contributed by atoms with Crippen LogP contribution in [0, 0.1) is 12.7 Å². The van der Waals surface area contributed by atoms with Gasteiger partial charge in [0.1, 0.15) is 28.5 Å². The van der Waals surface area contributed by atoms with E-state index in [1.54, 1.807) is 24.4 Å². The lowest BCUT2D eigenvalue weighted by molar-refractivity contribution is 0.0345. The largest absolute Gasteiger partial charge is 0.490 e. The number of anilines is 1. The maximum Gasteiger partial charge on any atom is 0.260 e. The van der Waals surface area contributed by atoms with E-state index >= 15 is 4.39 Å². The van der Waals surface area contributed by atoms with E-state index in [4.69, 9.17) is 31.8 Å². The first-order chi connectivity index (χ1) is 16.6. The van der Waals surface area contributed by atoms with E-state index in [-0.39, 0.29) is 42.0 Å². The van der Waals surface area contributed by atoms with Crippen LogP contribution in [0.4, 0.5) is 10.2 Å². The summed E-state index contributed by atoms with van der Waals surface area (Å²) in [7, 11) is 1.66. The maximum absolute atomic E-state index is 15.5. The fourth-order valence-electron chi connectivity index (χ4n) is 4.67. The normalized spacial score (nSPS) is 15.3. The minimum absolute atomic E-state index is 0. The Kier molecular flexibility index (Phi) is 8.74. The number of likely N-dealkylation sites (tertiary alicyclic amines) is 1. The molecule has 8 nitrogen and oxygen atoms in total. The number of fused-ring (bicyclic) bond motifs is 1. The van der Waals surface area contributed by atoms with Gasteiger partial charge in [0.25, 0.3) is 5.91 Å². The van der Waals surface area contributed by atoms with E-state index in [0.29, 0.717) is 54.3 Å². The summed E-state index contributed by atoms with van der Waals surface area (Å²) in [4.78, 5) is 24.1. The van der Waals surface area contributed by atoms with Crippen molar-refractivity contribution in [3.8, 4) is 5.75 Å². The molecule has 4 rings (SSSR count). The van der Waals surface area contributed by atoms with Crippen LogP contribution < -0.4 is 10.5 Å². The van der Waals surface area contributed by atoms with Crippen LogP contribution in [0.15, 0.2) is 18.5 Å². The summed E-state index contributed by atoms with van der Waals surface area (Å²) in [5, 5.41) is -0.142. The highest BCUT2D eigenvalue weighted by molar-refractivity contribution is 7.59. The molecule has 1 saturated heterocycles. The van der Waals surface area contributed by atoms with Crippen molar-refractivity contribution in [1.82, 2.24) is 19.3 Å². The second-order valence-electron chi connectivity index (χ2n) is 9.17. The van der Waals surface area contributed by atoms with E-state index in [1.807, 2.05) is 32.1 Å². The maximum atomic E-state index is 15.5. The number of nitrogen functional groups attached to an aromatic ring is 1. The number of halogens is 2. The molecule has 2 aromatic heterocycles. The van der Waals surface area contributed by atoms with Crippen molar-refractivity contribution in [2.45, 2.75) is 58.7 Å². The van der Waals surface area contributed by atoms with Crippen molar-refractivity contribution < 1.29 is 18.7 Å². The summed E-state index contributed by atoms with van der Waals surface area (Å²) in [5.41, 5.74) is 7.93. The van der Waals surface area contributed by atoms with Crippen molar-refractivity contribution in [2.75, 3.05) is 25.9 Å². The predicted molar refractivity (Wildman–Crippen MR) is 143 cm³/mol. The van der Waals surface area contributed by atoms with Crippen LogP contribution in [0.2, 0.25) is 5.02 Å². The first-order valence-electron chi connectivity index (χ1n) is 11.7. The smallest absolute Gasteiger partial charge is 0.260 e. The van der Waals surface area contributed by atoms with Crippen molar-refractivity contribution in [2.24, 2.45) is 0 Å². The highest BCUT2D eigenvalue weighted by atomic mass is 35.5. The number of aryl methyl sites for hydroxylation is 1. The summed E-state index contributed by atoms with van der Waals surface area (Å²) in [6.45, 7) is 8.37. The van der Waals surface area contributed by atoms with Gasteiger partial charge in [0.2, 0.25) is 0 Å². The Labute approximate surface area is 222 Å². The fourth-order valence-corrected chi connectivity index (χ4v) is 4.88. The number of piperidine rings is 1. The predicted octanol–water partition coefficient (Wildman–Crippen LogP) is 4.72. The number of carbonyl (C=O) groups is 1. The highest BCUT2D eigenvalue weighted by Crippen LogP contribution is 2.40.